The number of halogens is 1. The summed E-state index contributed by atoms with van der Waals surface area (Å²) in [6.45, 7) is 4.33. The molecular formula is C11H17ClOS. The van der Waals surface area contributed by atoms with Gasteiger partial charge in [-0.25, -0.2) is 0 Å². The van der Waals surface area contributed by atoms with E-state index in [1.807, 2.05) is 11.4 Å². The lowest BCUT2D eigenvalue weighted by Gasteiger charge is -2.16. The minimum atomic E-state index is -0.382. The Balaban J connectivity index is 2.58. The molecule has 80 valence electrons. The molecule has 0 amide bonds. The van der Waals surface area contributed by atoms with Crippen molar-refractivity contribution in [2.24, 2.45) is 5.92 Å². The third kappa shape index (κ3) is 2.97. The number of hydrogen-bond acceptors (Lipinski definition) is 2. The molecule has 1 rings (SSSR count). The molecule has 14 heavy (non-hydrogen) atoms. The summed E-state index contributed by atoms with van der Waals surface area (Å²) in [7, 11) is 0. The van der Waals surface area contributed by atoms with Gasteiger partial charge in [-0.15, -0.1) is 11.3 Å². The van der Waals surface area contributed by atoms with E-state index in [1.165, 1.54) is 11.3 Å². The zero-order valence-corrected chi connectivity index (χ0v) is 10.2. The monoisotopic (exact) mass is 232 g/mol. The lowest BCUT2D eigenvalue weighted by molar-refractivity contribution is 0.144. The fourth-order valence-electron chi connectivity index (χ4n) is 1.59. The lowest BCUT2D eigenvalue weighted by Crippen LogP contribution is -2.04. The molecule has 0 spiro atoms. The predicted octanol–water partition coefficient (Wildman–Crippen LogP) is 4.26. The molecule has 0 aromatic carbocycles. The second-order valence-corrected chi connectivity index (χ2v) is 4.92. The number of hydrogen-bond donors (Lipinski definition) is 1. The van der Waals surface area contributed by atoms with Gasteiger partial charge in [0.15, 0.2) is 0 Å². The molecule has 0 fully saturated rings. The maximum Gasteiger partial charge on any atom is 0.0899 e. The van der Waals surface area contributed by atoms with Gasteiger partial charge >= 0.3 is 0 Å². The van der Waals surface area contributed by atoms with Crippen molar-refractivity contribution in [2.75, 3.05) is 0 Å². The third-order valence-electron chi connectivity index (χ3n) is 2.66. The van der Waals surface area contributed by atoms with Crippen LogP contribution in [0.15, 0.2) is 11.4 Å². The molecule has 1 nitrogen and oxygen atoms in total. The van der Waals surface area contributed by atoms with Gasteiger partial charge in [-0.3, -0.25) is 0 Å². The van der Waals surface area contributed by atoms with Gasteiger partial charge in [-0.2, -0.15) is 0 Å². The molecule has 1 aromatic heterocycles. The molecule has 0 saturated carbocycles. The summed E-state index contributed by atoms with van der Waals surface area (Å²) in [4.78, 5) is 0.915. The van der Waals surface area contributed by atoms with Gasteiger partial charge in [-0.1, -0.05) is 38.3 Å². The summed E-state index contributed by atoms with van der Waals surface area (Å²) in [5, 5.41) is 12.6. The summed E-state index contributed by atoms with van der Waals surface area (Å²) < 4.78 is 0. The highest BCUT2D eigenvalue weighted by atomic mass is 35.5. The van der Waals surface area contributed by atoms with Gasteiger partial charge in [0, 0.05) is 0 Å². The van der Waals surface area contributed by atoms with Crippen LogP contribution in [-0.4, -0.2) is 5.11 Å². The lowest BCUT2D eigenvalue weighted by atomic mass is 9.95. The normalized spacial score (nSPS) is 13.5. The fraction of sp³-hybridized carbons (Fsp3) is 0.636. The van der Waals surface area contributed by atoms with Crippen LogP contribution >= 0.6 is 22.9 Å². The van der Waals surface area contributed by atoms with Crippen LogP contribution in [0, 0.1) is 5.92 Å². The van der Waals surface area contributed by atoms with Crippen molar-refractivity contribution in [1.29, 1.82) is 0 Å². The Bertz CT molecular complexity index is 268. The molecule has 1 unspecified atom stereocenters. The standard InChI is InChI=1S/C11H17ClOS/c1-3-8(4-2)7-10(13)11-9(12)5-6-14-11/h5-6,8,10,13H,3-4,7H2,1-2H3. The Labute approximate surface area is 94.7 Å². The zero-order valence-electron chi connectivity index (χ0n) is 8.66. The van der Waals surface area contributed by atoms with Crippen molar-refractivity contribution in [3.05, 3.63) is 21.3 Å². The van der Waals surface area contributed by atoms with Gasteiger partial charge in [0.05, 0.1) is 16.0 Å². The molecule has 3 heteroatoms. The minimum Gasteiger partial charge on any atom is -0.388 e. The molecule has 1 heterocycles. The molecule has 1 N–H and O–H groups in total. The molecule has 0 aliphatic rings. The van der Waals surface area contributed by atoms with E-state index in [-0.39, 0.29) is 6.10 Å². The minimum absolute atomic E-state index is 0.382. The van der Waals surface area contributed by atoms with Crippen molar-refractivity contribution in [2.45, 2.75) is 39.2 Å². The highest BCUT2D eigenvalue weighted by Crippen LogP contribution is 2.33. The Kier molecular flexibility index (Phi) is 4.93. The molecular weight excluding hydrogens is 216 g/mol. The van der Waals surface area contributed by atoms with Gasteiger partial charge in [0.1, 0.15) is 0 Å². The topological polar surface area (TPSA) is 20.2 Å². The first-order chi connectivity index (χ1) is 6.69. The highest BCUT2D eigenvalue weighted by molar-refractivity contribution is 7.10. The molecule has 0 aliphatic heterocycles. The van der Waals surface area contributed by atoms with Crippen LogP contribution < -0.4 is 0 Å². The fourth-order valence-corrected chi connectivity index (χ4v) is 2.77. The van der Waals surface area contributed by atoms with E-state index in [9.17, 15) is 5.11 Å². The number of aliphatic hydroxyl groups excluding tert-OH is 1. The summed E-state index contributed by atoms with van der Waals surface area (Å²) in [5.74, 6) is 0.600. The van der Waals surface area contributed by atoms with Crippen LogP contribution in [0.5, 0.6) is 0 Å². The number of thiophene rings is 1. The van der Waals surface area contributed by atoms with Gasteiger partial charge < -0.3 is 5.11 Å². The van der Waals surface area contributed by atoms with Crippen molar-refractivity contribution < 1.29 is 5.11 Å². The first-order valence-corrected chi connectivity index (χ1v) is 6.35. The smallest absolute Gasteiger partial charge is 0.0899 e. The number of aliphatic hydroxyl groups is 1. The summed E-state index contributed by atoms with van der Waals surface area (Å²) in [6, 6.07) is 1.84. The van der Waals surface area contributed by atoms with E-state index in [0.717, 1.165) is 24.1 Å². The second-order valence-electron chi connectivity index (χ2n) is 3.57. The van der Waals surface area contributed by atoms with Crippen LogP contribution in [0.4, 0.5) is 0 Å². The molecule has 0 bridgehead atoms. The predicted molar refractivity (Wildman–Crippen MR) is 63.0 cm³/mol. The summed E-state index contributed by atoms with van der Waals surface area (Å²) >= 11 is 7.49. The van der Waals surface area contributed by atoms with E-state index < -0.39 is 0 Å². The SMILES string of the molecule is CCC(CC)CC(O)c1sccc1Cl. The van der Waals surface area contributed by atoms with Crippen LogP contribution in [0.1, 0.15) is 44.1 Å². The number of rotatable bonds is 5. The van der Waals surface area contributed by atoms with E-state index in [4.69, 9.17) is 11.6 Å². The summed E-state index contributed by atoms with van der Waals surface area (Å²) in [6.07, 6.45) is 2.69. The summed E-state index contributed by atoms with van der Waals surface area (Å²) in [5.41, 5.74) is 0. The largest absolute Gasteiger partial charge is 0.388 e. The van der Waals surface area contributed by atoms with Gasteiger partial charge in [0.2, 0.25) is 0 Å². The Morgan fingerprint density at radius 2 is 2.07 bits per heavy atom. The zero-order chi connectivity index (χ0) is 10.6. The molecule has 1 aromatic rings. The van der Waals surface area contributed by atoms with Crippen molar-refractivity contribution in [3.8, 4) is 0 Å². The van der Waals surface area contributed by atoms with Crippen LogP contribution in [0.2, 0.25) is 5.02 Å². The average Bonchev–Trinajstić information content (AvgIpc) is 2.60. The van der Waals surface area contributed by atoms with Crippen LogP contribution in [0.25, 0.3) is 0 Å². The Morgan fingerprint density at radius 3 is 2.50 bits per heavy atom. The van der Waals surface area contributed by atoms with Crippen molar-refractivity contribution in [1.82, 2.24) is 0 Å². The molecule has 1 atom stereocenters. The van der Waals surface area contributed by atoms with Gasteiger partial charge in [-0.05, 0) is 23.8 Å². The second kappa shape index (κ2) is 5.74. The van der Waals surface area contributed by atoms with E-state index in [0.29, 0.717) is 10.9 Å². The molecule has 0 aliphatic carbocycles. The third-order valence-corrected chi connectivity index (χ3v) is 4.12. The first kappa shape index (κ1) is 12.0. The van der Waals surface area contributed by atoms with E-state index >= 15 is 0 Å². The van der Waals surface area contributed by atoms with Crippen molar-refractivity contribution in [3.63, 3.8) is 0 Å². The van der Waals surface area contributed by atoms with Crippen LogP contribution in [0.3, 0.4) is 0 Å². The maximum absolute atomic E-state index is 9.95. The van der Waals surface area contributed by atoms with Gasteiger partial charge in [0.25, 0.3) is 0 Å². The first-order valence-electron chi connectivity index (χ1n) is 5.09. The Hall–Kier alpha value is -0.0500. The Morgan fingerprint density at radius 1 is 1.43 bits per heavy atom. The van der Waals surface area contributed by atoms with Crippen molar-refractivity contribution >= 4 is 22.9 Å². The molecule has 0 radical (unpaired) electrons. The average molecular weight is 233 g/mol. The highest BCUT2D eigenvalue weighted by Gasteiger charge is 2.16. The quantitative estimate of drug-likeness (QED) is 0.804. The maximum atomic E-state index is 9.95. The van der Waals surface area contributed by atoms with E-state index in [2.05, 4.69) is 13.8 Å². The molecule has 0 saturated heterocycles. The van der Waals surface area contributed by atoms with E-state index in [1.54, 1.807) is 0 Å². The van der Waals surface area contributed by atoms with Crippen LogP contribution in [-0.2, 0) is 0 Å².